The van der Waals surface area contributed by atoms with Gasteiger partial charge < -0.3 is 9.80 Å². The molecule has 2 unspecified atom stereocenters. The molecule has 0 spiro atoms. The molecule has 1 N–H and O–H groups in total. The molecule has 6 nitrogen and oxygen atoms in total. The summed E-state index contributed by atoms with van der Waals surface area (Å²) in [5.41, 5.74) is 1.07. The van der Waals surface area contributed by atoms with Crippen LogP contribution in [0.4, 0.5) is 4.79 Å². The molecule has 7 heteroatoms. The van der Waals surface area contributed by atoms with Gasteiger partial charge in [0.15, 0.2) is 17.4 Å². The van der Waals surface area contributed by atoms with Crippen LogP contribution in [0, 0.1) is 0 Å². The lowest BCUT2D eigenvalue weighted by molar-refractivity contribution is -0.127. The van der Waals surface area contributed by atoms with Gasteiger partial charge in [-0.05, 0) is 13.3 Å². The van der Waals surface area contributed by atoms with Gasteiger partial charge in [-0.3, -0.25) is 10.1 Å². The van der Waals surface area contributed by atoms with Crippen LogP contribution in [0.15, 0.2) is 17.1 Å². The van der Waals surface area contributed by atoms with Gasteiger partial charge >= 0.3 is 6.03 Å². The Morgan fingerprint density at radius 3 is 2.24 bits per heavy atom. The number of urea groups is 1. The minimum absolute atomic E-state index is 0.236. The number of thioether (sulfide) groups is 1. The van der Waals surface area contributed by atoms with Crippen LogP contribution in [-0.4, -0.2) is 58.5 Å². The van der Waals surface area contributed by atoms with E-state index in [2.05, 4.69) is 23.7 Å². The molecular weight excluding hydrogens is 384 g/mol. The van der Waals surface area contributed by atoms with Crippen LogP contribution >= 0.6 is 11.8 Å². The molecule has 1 fully saturated rings. The number of nitrogens with zero attached hydrogens (tertiary/aromatic N) is 3. The number of fused-ring (bicyclic) bond motifs is 1. The van der Waals surface area contributed by atoms with Crippen LogP contribution in [-0.2, 0) is 4.79 Å². The van der Waals surface area contributed by atoms with Crippen molar-refractivity contribution in [1.29, 1.82) is 0 Å². The lowest BCUT2D eigenvalue weighted by Crippen LogP contribution is -2.63. The standard InChI is InChI=1S/C22H38N4O2S/c1-5-6-7-8-9-10-11-12-13-14-15-26-18-19(23-22(26)29-16-17(2)3)25(4)21(28)24-20(18)27/h18-19H,2,5-16H2,1,3-4H3,(H,24,27,28). The predicted octanol–water partition coefficient (Wildman–Crippen LogP) is 4.76. The minimum Gasteiger partial charge on any atom is -0.336 e. The third-order valence-corrected chi connectivity index (χ3v) is 6.76. The van der Waals surface area contributed by atoms with Crippen molar-refractivity contribution >= 4 is 28.9 Å². The highest BCUT2D eigenvalue weighted by molar-refractivity contribution is 8.13. The Morgan fingerprint density at radius 2 is 1.66 bits per heavy atom. The minimum atomic E-state index is -0.424. The maximum Gasteiger partial charge on any atom is 0.325 e. The molecule has 2 aliphatic rings. The van der Waals surface area contributed by atoms with E-state index in [4.69, 9.17) is 4.99 Å². The van der Waals surface area contributed by atoms with Crippen LogP contribution in [0.2, 0.25) is 0 Å². The number of hydrogen-bond donors (Lipinski definition) is 1. The molecule has 0 bridgehead atoms. The number of amidine groups is 1. The van der Waals surface area contributed by atoms with Crippen molar-refractivity contribution in [2.75, 3.05) is 19.3 Å². The first-order valence-corrected chi connectivity index (χ1v) is 12.1. The number of nitrogens with one attached hydrogen (secondary N) is 1. The molecule has 2 aliphatic heterocycles. The fourth-order valence-electron chi connectivity index (χ4n) is 3.81. The summed E-state index contributed by atoms with van der Waals surface area (Å²) < 4.78 is 0. The SMILES string of the molecule is C=C(C)CSC1=NC2C(C(=O)NC(=O)N2C)N1CCCCCCCCCCCC. The second-order valence-electron chi connectivity index (χ2n) is 8.30. The maximum absolute atomic E-state index is 12.5. The Labute approximate surface area is 180 Å². The van der Waals surface area contributed by atoms with Crippen molar-refractivity contribution in [3.8, 4) is 0 Å². The van der Waals surface area contributed by atoms with Gasteiger partial charge in [-0.25, -0.2) is 9.79 Å². The van der Waals surface area contributed by atoms with Gasteiger partial charge in [0.05, 0.1) is 0 Å². The molecule has 3 amide bonds. The zero-order valence-corrected chi connectivity index (χ0v) is 19.2. The summed E-state index contributed by atoms with van der Waals surface area (Å²) >= 11 is 1.61. The lowest BCUT2D eigenvalue weighted by atomic mass is 10.1. The molecule has 0 aliphatic carbocycles. The predicted molar refractivity (Wildman–Crippen MR) is 122 cm³/mol. The van der Waals surface area contributed by atoms with Gasteiger partial charge in [0.25, 0.3) is 5.91 Å². The van der Waals surface area contributed by atoms with E-state index in [0.717, 1.165) is 35.9 Å². The molecule has 1 saturated heterocycles. The summed E-state index contributed by atoms with van der Waals surface area (Å²) in [5, 5.41) is 3.32. The van der Waals surface area contributed by atoms with Crippen LogP contribution < -0.4 is 5.32 Å². The summed E-state index contributed by atoms with van der Waals surface area (Å²) in [7, 11) is 1.70. The summed E-state index contributed by atoms with van der Waals surface area (Å²) in [5.74, 6) is 0.534. The van der Waals surface area contributed by atoms with Gasteiger partial charge in [-0.1, -0.05) is 88.6 Å². The van der Waals surface area contributed by atoms with Crippen molar-refractivity contribution in [3.05, 3.63) is 12.2 Å². The molecule has 0 aromatic rings. The summed E-state index contributed by atoms with van der Waals surface area (Å²) in [4.78, 5) is 32.8. The van der Waals surface area contributed by atoms with Crippen molar-refractivity contribution in [3.63, 3.8) is 0 Å². The molecule has 164 valence electrons. The topological polar surface area (TPSA) is 65.0 Å². The molecule has 0 aromatic heterocycles. The Hall–Kier alpha value is -1.50. The second kappa shape index (κ2) is 12.3. The van der Waals surface area contributed by atoms with E-state index in [9.17, 15) is 9.59 Å². The van der Waals surface area contributed by atoms with E-state index < -0.39 is 12.2 Å². The average Bonchev–Trinajstić information content (AvgIpc) is 3.05. The van der Waals surface area contributed by atoms with Crippen molar-refractivity contribution in [2.45, 2.75) is 90.3 Å². The van der Waals surface area contributed by atoms with Gasteiger partial charge in [0, 0.05) is 19.3 Å². The van der Waals surface area contributed by atoms with Gasteiger partial charge in [-0.2, -0.15) is 0 Å². The number of imide groups is 1. The maximum atomic E-state index is 12.5. The van der Waals surface area contributed by atoms with Crippen LogP contribution in [0.3, 0.4) is 0 Å². The molecule has 2 heterocycles. The molecule has 2 rings (SSSR count). The third kappa shape index (κ3) is 7.05. The fourth-order valence-corrected chi connectivity index (χ4v) is 4.74. The third-order valence-electron chi connectivity index (χ3n) is 5.52. The Bertz CT molecular complexity index is 608. The Balaban J connectivity index is 1.80. The van der Waals surface area contributed by atoms with E-state index in [-0.39, 0.29) is 11.9 Å². The summed E-state index contributed by atoms with van der Waals surface area (Å²) in [6.45, 7) is 9.01. The molecule has 2 atom stereocenters. The highest BCUT2D eigenvalue weighted by atomic mass is 32.2. The number of carbonyl (C=O) groups is 2. The molecule has 0 aromatic carbocycles. The van der Waals surface area contributed by atoms with E-state index >= 15 is 0 Å². The van der Waals surface area contributed by atoms with Gasteiger partial charge in [0.2, 0.25) is 0 Å². The van der Waals surface area contributed by atoms with E-state index in [1.165, 1.54) is 56.3 Å². The molecule has 0 radical (unpaired) electrons. The lowest BCUT2D eigenvalue weighted by Gasteiger charge is -2.36. The van der Waals surface area contributed by atoms with Crippen LogP contribution in [0.1, 0.15) is 78.1 Å². The van der Waals surface area contributed by atoms with Gasteiger partial charge in [-0.15, -0.1) is 0 Å². The largest absolute Gasteiger partial charge is 0.336 e. The molecule has 29 heavy (non-hydrogen) atoms. The number of hydrogen-bond acceptors (Lipinski definition) is 5. The van der Waals surface area contributed by atoms with Crippen molar-refractivity contribution < 1.29 is 9.59 Å². The molecular formula is C22H38N4O2S. The van der Waals surface area contributed by atoms with E-state index in [0.29, 0.717) is 0 Å². The highest BCUT2D eigenvalue weighted by Crippen LogP contribution is 2.29. The number of rotatable bonds is 13. The van der Waals surface area contributed by atoms with E-state index in [1.54, 1.807) is 18.8 Å². The van der Waals surface area contributed by atoms with Crippen LogP contribution in [0.5, 0.6) is 0 Å². The molecule has 0 saturated carbocycles. The normalized spacial score (nSPS) is 21.3. The number of carbonyl (C=O) groups excluding carboxylic acids is 2. The Kier molecular flexibility index (Phi) is 10.0. The first kappa shape index (κ1) is 23.8. The van der Waals surface area contributed by atoms with Crippen molar-refractivity contribution in [2.24, 2.45) is 4.99 Å². The smallest absolute Gasteiger partial charge is 0.325 e. The van der Waals surface area contributed by atoms with E-state index in [1.807, 2.05) is 6.92 Å². The number of likely N-dealkylation sites (N-methyl/N-ethyl adjacent to an activating group) is 1. The monoisotopic (exact) mass is 422 g/mol. The average molecular weight is 423 g/mol. The number of aliphatic imine (C=N–C) groups is 1. The summed E-state index contributed by atoms with van der Waals surface area (Å²) in [6, 6.07) is -0.783. The van der Waals surface area contributed by atoms with Crippen LogP contribution in [0.25, 0.3) is 0 Å². The number of amides is 3. The Morgan fingerprint density at radius 1 is 1.07 bits per heavy atom. The number of unbranched alkanes of at least 4 members (excludes halogenated alkanes) is 9. The fraction of sp³-hybridized carbons (Fsp3) is 0.773. The second-order valence-corrected chi connectivity index (χ2v) is 9.24. The first-order valence-electron chi connectivity index (χ1n) is 11.1. The quantitative estimate of drug-likeness (QED) is 0.343. The highest BCUT2D eigenvalue weighted by Gasteiger charge is 2.48. The zero-order valence-electron chi connectivity index (χ0n) is 18.4. The van der Waals surface area contributed by atoms with Gasteiger partial charge in [0.1, 0.15) is 0 Å². The first-order chi connectivity index (χ1) is 14.0. The summed E-state index contributed by atoms with van der Waals surface area (Å²) in [6.07, 6.45) is 12.4. The zero-order chi connectivity index (χ0) is 21.2. The van der Waals surface area contributed by atoms with Crippen molar-refractivity contribution in [1.82, 2.24) is 15.1 Å².